The second kappa shape index (κ2) is 20.0. The highest BCUT2D eigenvalue weighted by molar-refractivity contribution is 6.09. The van der Waals surface area contributed by atoms with E-state index in [1.54, 1.807) is 61.5 Å². The maximum Gasteiger partial charge on any atom is 0.328 e. The molecule has 0 saturated carbocycles. The third-order valence-electron chi connectivity index (χ3n) is 11.0. The Labute approximate surface area is 338 Å². The molecule has 2 fully saturated rings. The number of piperidine rings is 1. The quantitative estimate of drug-likeness (QED) is 0.130. The molecule has 2 aromatic carbocycles. The molecule has 0 spiro atoms. The van der Waals surface area contributed by atoms with E-state index >= 15 is 0 Å². The van der Waals surface area contributed by atoms with Crippen molar-refractivity contribution in [2.75, 3.05) is 20.2 Å². The monoisotopic (exact) mass is 785 g/mol. The summed E-state index contributed by atoms with van der Waals surface area (Å²) in [7, 11) is 1.25. The van der Waals surface area contributed by atoms with Crippen molar-refractivity contribution in [2.24, 2.45) is 11.3 Å². The van der Waals surface area contributed by atoms with Crippen LogP contribution in [0.5, 0.6) is 0 Å². The van der Waals surface area contributed by atoms with Gasteiger partial charge in [0.15, 0.2) is 5.78 Å². The van der Waals surface area contributed by atoms with Gasteiger partial charge in [-0.05, 0) is 69.9 Å². The highest BCUT2D eigenvalue weighted by Gasteiger charge is 2.39. The first-order valence-corrected chi connectivity index (χ1v) is 20.4. The van der Waals surface area contributed by atoms with Crippen molar-refractivity contribution in [1.29, 1.82) is 0 Å². The van der Waals surface area contributed by atoms with E-state index in [2.05, 4.69) is 34.7 Å². The molecular formula is C45H63N5O7. The molecule has 0 aromatic heterocycles. The van der Waals surface area contributed by atoms with Crippen LogP contribution in [0.1, 0.15) is 109 Å². The minimum atomic E-state index is -1.02. The van der Waals surface area contributed by atoms with Crippen molar-refractivity contribution >= 4 is 35.4 Å². The number of carbonyl (C=O) groups is 6. The highest BCUT2D eigenvalue weighted by atomic mass is 16.5. The molecule has 2 heterocycles. The lowest BCUT2D eigenvalue weighted by molar-refractivity contribution is -0.146. The van der Waals surface area contributed by atoms with E-state index in [9.17, 15) is 28.8 Å². The van der Waals surface area contributed by atoms with E-state index in [4.69, 9.17) is 4.74 Å². The Morgan fingerprint density at radius 3 is 2.00 bits per heavy atom. The highest BCUT2D eigenvalue weighted by Crippen LogP contribution is 2.25. The summed E-state index contributed by atoms with van der Waals surface area (Å²) in [6.45, 7) is 16.7. The molecule has 0 radical (unpaired) electrons. The second-order valence-corrected chi connectivity index (χ2v) is 17.1. The summed E-state index contributed by atoms with van der Waals surface area (Å²) in [5.41, 5.74) is 1.57. The maximum atomic E-state index is 13.9. The van der Waals surface area contributed by atoms with Crippen LogP contribution in [0.25, 0.3) is 0 Å². The summed E-state index contributed by atoms with van der Waals surface area (Å²) in [6.07, 6.45) is 5.61. The lowest BCUT2D eigenvalue weighted by Crippen LogP contribution is -2.60. The van der Waals surface area contributed by atoms with Crippen molar-refractivity contribution in [3.63, 3.8) is 0 Å². The van der Waals surface area contributed by atoms with Crippen molar-refractivity contribution in [3.8, 4) is 0 Å². The van der Waals surface area contributed by atoms with Gasteiger partial charge in [0.25, 0.3) is 0 Å². The zero-order valence-electron chi connectivity index (χ0n) is 35.2. The minimum Gasteiger partial charge on any atom is -0.467 e. The number of esters is 1. The molecule has 12 nitrogen and oxygen atoms in total. The molecule has 1 unspecified atom stereocenters. The van der Waals surface area contributed by atoms with Gasteiger partial charge in [0.05, 0.1) is 19.2 Å². The van der Waals surface area contributed by atoms with Crippen LogP contribution in [0, 0.1) is 11.3 Å². The fourth-order valence-electron chi connectivity index (χ4n) is 7.65. The van der Waals surface area contributed by atoms with Crippen LogP contribution in [0.15, 0.2) is 66.2 Å². The van der Waals surface area contributed by atoms with Crippen LogP contribution < -0.4 is 16.0 Å². The minimum absolute atomic E-state index is 0.0909. The molecular weight excluding hydrogens is 723 g/mol. The van der Waals surface area contributed by atoms with Gasteiger partial charge in [-0.25, -0.2) is 4.79 Å². The molecule has 310 valence electrons. The zero-order chi connectivity index (χ0) is 42.0. The normalized spacial score (nSPS) is 19.4. The Kier molecular flexibility index (Phi) is 15.8. The smallest absolute Gasteiger partial charge is 0.328 e. The SMILES string of the molecule is COC(=O)[C@H](Cc1ccc(C(=O)c2ccccc2)cc1)NC(=O)[C@@H]1CCCN1C(=O)C(C)=C[C@@H](NC(=O)[C@@H](NC(=O)C1CCCCN1C(C)C)C(C)(C)C)C(C)C. The van der Waals surface area contributed by atoms with Crippen molar-refractivity contribution < 1.29 is 33.5 Å². The van der Waals surface area contributed by atoms with Crippen LogP contribution in [-0.4, -0.2) is 102 Å². The summed E-state index contributed by atoms with van der Waals surface area (Å²) in [4.78, 5) is 84.7. The van der Waals surface area contributed by atoms with E-state index in [1.807, 2.05) is 40.7 Å². The Hall–Kier alpha value is -4.84. The molecule has 0 bridgehead atoms. The number of hydrogen-bond donors (Lipinski definition) is 3. The number of nitrogens with zero attached hydrogens (tertiary/aromatic N) is 2. The third-order valence-corrected chi connectivity index (χ3v) is 11.0. The number of benzene rings is 2. The second-order valence-electron chi connectivity index (χ2n) is 17.1. The number of ketones is 1. The van der Waals surface area contributed by atoms with Gasteiger partial charge < -0.3 is 25.6 Å². The molecule has 4 rings (SSSR count). The lowest BCUT2D eigenvalue weighted by Gasteiger charge is -2.39. The first kappa shape index (κ1) is 44.9. The molecule has 2 aromatic rings. The molecule has 2 saturated heterocycles. The molecule has 12 heteroatoms. The van der Waals surface area contributed by atoms with Crippen LogP contribution in [-0.2, 0) is 35.1 Å². The number of carbonyl (C=O) groups excluding carboxylic acids is 6. The first-order valence-electron chi connectivity index (χ1n) is 20.4. The predicted molar refractivity (Wildman–Crippen MR) is 220 cm³/mol. The van der Waals surface area contributed by atoms with Gasteiger partial charge in [0.1, 0.15) is 18.1 Å². The Balaban J connectivity index is 1.43. The van der Waals surface area contributed by atoms with Crippen molar-refractivity contribution in [1.82, 2.24) is 25.8 Å². The predicted octanol–water partition coefficient (Wildman–Crippen LogP) is 4.99. The van der Waals surface area contributed by atoms with E-state index in [-0.39, 0.29) is 47.9 Å². The van der Waals surface area contributed by atoms with Crippen molar-refractivity contribution in [2.45, 2.75) is 130 Å². The van der Waals surface area contributed by atoms with Gasteiger partial charge in [-0.3, -0.25) is 28.9 Å². The average Bonchev–Trinajstić information content (AvgIpc) is 3.69. The summed E-state index contributed by atoms with van der Waals surface area (Å²) in [5, 5.41) is 8.99. The van der Waals surface area contributed by atoms with Gasteiger partial charge in [-0.1, -0.05) is 102 Å². The third kappa shape index (κ3) is 11.8. The summed E-state index contributed by atoms with van der Waals surface area (Å²) < 4.78 is 5.02. The maximum absolute atomic E-state index is 13.9. The van der Waals surface area contributed by atoms with E-state index in [0.717, 1.165) is 31.4 Å². The Bertz CT molecular complexity index is 1770. The van der Waals surface area contributed by atoms with E-state index in [1.165, 1.54) is 12.0 Å². The fourth-order valence-corrected chi connectivity index (χ4v) is 7.65. The molecule has 2 aliphatic heterocycles. The fraction of sp³-hybridized carbons (Fsp3) is 0.556. The zero-order valence-corrected chi connectivity index (χ0v) is 35.2. The average molecular weight is 786 g/mol. The number of ether oxygens (including phenoxy) is 1. The molecule has 3 N–H and O–H groups in total. The lowest BCUT2D eigenvalue weighted by atomic mass is 9.85. The topological polar surface area (TPSA) is 154 Å². The van der Waals surface area contributed by atoms with Crippen molar-refractivity contribution in [3.05, 3.63) is 82.9 Å². The van der Waals surface area contributed by atoms with Crippen LogP contribution >= 0.6 is 0 Å². The van der Waals surface area contributed by atoms with Gasteiger partial charge in [0, 0.05) is 35.7 Å². The van der Waals surface area contributed by atoms with Crippen LogP contribution in [0.2, 0.25) is 0 Å². The Morgan fingerprint density at radius 1 is 0.789 bits per heavy atom. The molecule has 57 heavy (non-hydrogen) atoms. The van der Waals surface area contributed by atoms with Gasteiger partial charge in [-0.2, -0.15) is 0 Å². The van der Waals surface area contributed by atoms with Crippen LogP contribution in [0.3, 0.4) is 0 Å². The largest absolute Gasteiger partial charge is 0.467 e. The summed E-state index contributed by atoms with van der Waals surface area (Å²) in [5.74, 6) is -2.13. The number of nitrogens with one attached hydrogen (secondary N) is 3. The number of methoxy groups -OCH3 is 1. The van der Waals surface area contributed by atoms with E-state index < -0.39 is 41.5 Å². The van der Waals surface area contributed by atoms with Gasteiger partial charge >= 0.3 is 5.97 Å². The van der Waals surface area contributed by atoms with E-state index in [0.29, 0.717) is 36.1 Å². The number of rotatable bonds is 15. The number of amides is 4. The molecule has 0 aliphatic carbocycles. The first-order chi connectivity index (χ1) is 26.9. The standard InChI is InChI=1S/C45H63N5O7/c1-28(2)34(46-42(54)39(45(6,7)8)48-41(53)36-18-13-14-24-49(36)29(3)4)26-30(5)43(55)50-25-15-19-37(50)40(52)47-35(44(56)57-9)27-31-20-22-33(23-21-31)38(51)32-16-11-10-12-17-32/h10-12,16-17,20-23,26,28-29,34-37,39H,13-15,18-19,24-25,27H2,1-9H3,(H,46,54)(H,47,52)(H,48,53)/t34-,35+,36?,37+,39-/m1/s1. The van der Waals surface area contributed by atoms with Crippen LogP contribution in [0.4, 0.5) is 0 Å². The molecule has 5 atom stereocenters. The molecule has 2 aliphatic rings. The summed E-state index contributed by atoms with van der Waals surface area (Å²) >= 11 is 0. The molecule has 4 amide bonds. The van der Waals surface area contributed by atoms with Gasteiger partial charge in [-0.15, -0.1) is 0 Å². The number of likely N-dealkylation sites (tertiary alicyclic amines) is 2. The number of hydrogen-bond acceptors (Lipinski definition) is 8. The Morgan fingerprint density at radius 2 is 1.40 bits per heavy atom. The van der Waals surface area contributed by atoms with Gasteiger partial charge in [0.2, 0.25) is 23.6 Å². The summed E-state index contributed by atoms with van der Waals surface area (Å²) in [6, 6.07) is 12.6.